The standard InChI is InChI=1S/3C6H10O2S.Sb/c3*1-2-4-8-6(7)3-5-9;/h3*2,9H,1,3-5H2;. The van der Waals surface area contributed by atoms with Crippen LogP contribution in [0.3, 0.4) is 0 Å². The molecule has 0 unspecified atom stereocenters. The van der Waals surface area contributed by atoms with E-state index in [9.17, 15) is 14.4 Å². The summed E-state index contributed by atoms with van der Waals surface area (Å²) in [6, 6.07) is 0. The van der Waals surface area contributed by atoms with E-state index in [0.717, 1.165) is 0 Å². The van der Waals surface area contributed by atoms with E-state index in [4.69, 9.17) is 0 Å². The molecule has 3 radical (unpaired) electrons. The Bertz CT molecular complexity index is 372. The van der Waals surface area contributed by atoms with Crippen LogP contribution in [0.5, 0.6) is 0 Å². The van der Waals surface area contributed by atoms with Gasteiger partial charge in [0.1, 0.15) is 19.8 Å². The van der Waals surface area contributed by atoms with Gasteiger partial charge in [0.2, 0.25) is 0 Å². The van der Waals surface area contributed by atoms with Crippen LogP contribution in [0.2, 0.25) is 0 Å². The van der Waals surface area contributed by atoms with Gasteiger partial charge in [-0.3, -0.25) is 14.4 Å². The molecule has 0 N–H and O–H groups in total. The van der Waals surface area contributed by atoms with Gasteiger partial charge in [0.15, 0.2) is 0 Å². The minimum atomic E-state index is -0.218. The molecule has 10 heteroatoms. The first-order valence-electron chi connectivity index (χ1n) is 8.05. The molecule has 0 saturated carbocycles. The zero-order valence-electron chi connectivity index (χ0n) is 16.0. The first kappa shape index (κ1) is 35.0. The summed E-state index contributed by atoms with van der Waals surface area (Å²) >= 11 is 11.6. The summed E-state index contributed by atoms with van der Waals surface area (Å²) in [6.45, 7) is 11.1. The van der Waals surface area contributed by atoms with Crippen molar-refractivity contribution < 1.29 is 28.6 Å². The summed E-state index contributed by atoms with van der Waals surface area (Å²) in [5.41, 5.74) is 0. The minimum Gasteiger partial charge on any atom is -0.461 e. The van der Waals surface area contributed by atoms with Gasteiger partial charge in [-0.2, -0.15) is 37.9 Å². The van der Waals surface area contributed by atoms with Gasteiger partial charge >= 0.3 is 17.9 Å². The van der Waals surface area contributed by atoms with Crippen molar-refractivity contribution in [1.29, 1.82) is 0 Å². The van der Waals surface area contributed by atoms with E-state index in [1.165, 1.54) is 18.2 Å². The Labute approximate surface area is 202 Å². The van der Waals surface area contributed by atoms with Crippen LogP contribution in [0.4, 0.5) is 0 Å². The van der Waals surface area contributed by atoms with Crippen LogP contribution >= 0.6 is 37.9 Å². The molecule has 0 atom stereocenters. The van der Waals surface area contributed by atoms with Gasteiger partial charge in [-0.15, -0.1) is 0 Å². The number of thiol groups is 3. The third-order valence-electron chi connectivity index (χ3n) is 2.03. The second-order valence-electron chi connectivity index (χ2n) is 4.34. The molecule has 0 amide bonds. The first-order chi connectivity index (χ1) is 12.9. The molecule has 0 saturated heterocycles. The van der Waals surface area contributed by atoms with E-state index in [2.05, 4.69) is 71.8 Å². The first-order valence-corrected chi connectivity index (χ1v) is 9.95. The molecule has 0 bridgehead atoms. The number of ether oxygens (including phenoxy) is 3. The average molecular weight is 560 g/mol. The normalized spacial score (nSPS) is 8.25. The Balaban J connectivity index is -0.000000152. The second kappa shape index (κ2) is 31.2. The van der Waals surface area contributed by atoms with Gasteiger partial charge in [-0.1, -0.05) is 38.0 Å². The van der Waals surface area contributed by atoms with Crippen molar-refractivity contribution in [3.8, 4) is 0 Å². The van der Waals surface area contributed by atoms with Crippen LogP contribution in [-0.2, 0) is 28.6 Å². The largest absolute Gasteiger partial charge is 0.461 e. The van der Waals surface area contributed by atoms with Crippen molar-refractivity contribution in [2.45, 2.75) is 19.3 Å². The molecule has 28 heavy (non-hydrogen) atoms. The van der Waals surface area contributed by atoms with E-state index < -0.39 is 0 Å². The maximum absolute atomic E-state index is 10.5. The van der Waals surface area contributed by atoms with Gasteiger partial charge < -0.3 is 14.2 Å². The van der Waals surface area contributed by atoms with Crippen molar-refractivity contribution in [3.63, 3.8) is 0 Å². The van der Waals surface area contributed by atoms with Crippen molar-refractivity contribution in [1.82, 2.24) is 0 Å². The molecule has 0 aliphatic carbocycles. The number of carbonyl (C=O) groups excluding carboxylic acids is 3. The maximum Gasteiger partial charge on any atom is 0.306 e. The molecule has 0 rings (SSSR count). The van der Waals surface area contributed by atoms with Gasteiger partial charge in [0.05, 0.1) is 19.3 Å². The van der Waals surface area contributed by atoms with E-state index in [-0.39, 0.29) is 42.3 Å². The predicted molar refractivity (Wildman–Crippen MR) is 125 cm³/mol. The Morgan fingerprint density at radius 3 is 0.964 bits per heavy atom. The van der Waals surface area contributed by atoms with Gasteiger partial charge in [0.25, 0.3) is 0 Å². The van der Waals surface area contributed by atoms with Gasteiger partial charge in [0, 0.05) is 41.7 Å². The summed E-state index contributed by atoms with van der Waals surface area (Å²) in [4.78, 5) is 31.4. The summed E-state index contributed by atoms with van der Waals surface area (Å²) in [5.74, 6) is 0.960. The Morgan fingerprint density at radius 2 is 0.821 bits per heavy atom. The molecule has 0 spiro atoms. The minimum absolute atomic E-state index is 0. The molecule has 0 aromatic carbocycles. The number of esters is 3. The van der Waals surface area contributed by atoms with Crippen molar-refractivity contribution in [2.75, 3.05) is 37.1 Å². The summed E-state index contributed by atoms with van der Waals surface area (Å²) in [5, 5.41) is 0. The molecular formula is C18H30O6S3Sb. The zero-order valence-corrected chi connectivity index (χ0v) is 21.2. The Morgan fingerprint density at radius 1 is 0.607 bits per heavy atom. The second-order valence-corrected chi connectivity index (χ2v) is 5.68. The Hall–Kier alpha value is -0.502. The molecule has 0 aliphatic rings. The third kappa shape index (κ3) is 36.4. The number of hydrogen-bond donors (Lipinski definition) is 3. The fourth-order valence-corrected chi connectivity index (χ4v) is 1.49. The van der Waals surface area contributed by atoms with Crippen molar-refractivity contribution in [3.05, 3.63) is 38.0 Å². The predicted octanol–water partition coefficient (Wildman–Crippen LogP) is 2.73. The molecule has 6 nitrogen and oxygen atoms in total. The van der Waals surface area contributed by atoms with Crippen molar-refractivity contribution in [2.24, 2.45) is 0 Å². The molecule has 161 valence electrons. The van der Waals surface area contributed by atoms with Crippen LogP contribution < -0.4 is 0 Å². The van der Waals surface area contributed by atoms with Crippen LogP contribution in [0.25, 0.3) is 0 Å². The number of rotatable bonds is 12. The topological polar surface area (TPSA) is 78.9 Å². The SMILES string of the molecule is C=CCOC(=O)CCS.C=CCOC(=O)CCS.C=CCOC(=O)CCS.[Sb]. The fourth-order valence-electron chi connectivity index (χ4n) is 0.946. The smallest absolute Gasteiger partial charge is 0.306 e. The molecular weight excluding hydrogens is 530 g/mol. The molecule has 0 aliphatic heterocycles. The van der Waals surface area contributed by atoms with Crippen molar-refractivity contribution >= 4 is 80.2 Å². The van der Waals surface area contributed by atoms with E-state index >= 15 is 0 Å². The van der Waals surface area contributed by atoms with Gasteiger partial charge in [-0.05, 0) is 0 Å². The fraction of sp³-hybridized carbons (Fsp3) is 0.500. The van der Waals surface area contributed by atoms with Crippen LogP contribution in [0.1, 0.15) is 19.3 Å². The van der Waals surface area contributed by atoms with Crippen LogP contribution in [0.15, 0.2) is 38.0 Å². The zero-order chi connectivity index (χ0) is 21.3. The van der Waals surface area contributed by atoms with E-state index in [0.29, 0.717) is 56.3 Å². The quantitative estimate of drug-likeness (QED) is 0.112. The van der Waals surface area contributed by atoms with Crippen LogP contribution in [-0.4, -0.2) is 79.4 Å². The van der Waals surface area contributed by atoms with E-state index in [1.54, 1.807) is 0 Å². The summed E-state index contributed by atoms with van der Waals surface area (Å²) < 4.78 is 13.9. The number of hydrogen-bond acceptors (Lipinski definition) is 9. The monoisotopic (exact) mass is 559 g/mol. The van der Waals surface area contributed by atoms with E-state index in [1.807, 2.05) is 0 Å². The maximum atomic E-state index is 10.5. The molecule has 0 aromatic heterocycles. The average Bonchev–Trinajstić information content (AvgIpc) is 2.65. The molecule has 0 fully saturated rings. The molecule has 0 heterocycles. The summed E-state index contributed by atoms with van der Waals surface area (Å²) in [7, 11) is 0. The summed E-state index contributed by atoms with van der Waals surface area (Å²) in [6.07, 6.45) is 5.73. The number of carbonyl (C=O) groups is 3. The Kier molecular flexibility index (Phi) is 39.0. The molecule has 0 aromatic rings. The van der Waals surface area contributed by atoms with Crippen LogP contribution in [0, 0.1) is 0 Å². The van der Waals surface area contributed by atoms with Gasteiger partial charge in [-0.25, -0.2) is 0 Å². The third-order valence-corrected chi connectivity index (χ3v) is 2.71.